The summed E-state index contributed by atoms with van der Waals surface area (Å²) in [6.07, 6.45) is 0. The number of ether oxygens (including phenoxy) is 2. The van der Waals surface area contributed by atoms with Gasteiger partial charge in [-0.2, -0.15) is 0 Å². The number of hydrogen-bond donors (Lipinski definition) is 1. The molecule has 0 aliphatic heterocycles. The van der Waals surface area contributed by atoms with E-state index < -0.39 is 11.8 Å². The number of carbonyl (C=O) groups excluding carboxylic acids is 1. The Morgan fingerprint density at radius 3 is 2.78 bits per heavy atom. The average Bonchev–Trinajstić information content (AvgIpc) is 2.34. The van der Waals surface area contributed by atoms with E-state index in [1.54, 1.807) is 12.1 Å². The van der Waals surface area contributed by atoms with Gasteiger partial charge in [-0.3, -0.25) is 0 Å². The van der Waals surface area contributed by atoms with E-state index in [1.807, 2.05) is 13.8 Å². The zero-order valence-corrected chi connectivity index (χ0v) is 10.8. The number of hydrogen-bond acceptors (Lipinski definition) is 4. The van der Waals surface area contributed by atoms with Crippen LogP contribution < -0.4 is 10.1 Å². The van der Waals surface area contributed by atoms with Crippen molar-refractivity contribution >= 4 is 5.97 Å². The molecule has 5 heteroatoms. The molecule has 0 aromatic heterocycles. The van der Waals surface area contributed by atoms with Crippen LogP contribution in [0.1, 0.15) is 19.4 Å². The van der Waals surface area contributed by atoms with Gasteiger partial charge in [-0.1, -0.05) is 26.0 Å². The summed E-state index contributed by atoms with van der Waals surface area (Å²) in [7, 11) is 1.26. The van der Waals surface area contributed by atoms with Gasteiger partial charge in [0, 0.05) is 18.2 Å². The van der Waals surface area contributed by atoms with Crippen LogP contribution >= 0.6 is 0 Å². The standard InChI is InChI=1S/C13H18FNO3/c1-9(2)15-7-10-5-4-6-11(14)13(10)18-8-12(16)17-3/h4-6,9,15H,7-8H2,1-3H3. The number of para-hydroxylation sites is 1. The molecular weight excluding hydrogens is 237 g/mol. The molecule has 100 valence electrons. The molecular formula is C13H18FNO3. The molecule has 0 aliphatic rings. The predicted octanol–water partition coefficient (Wildman–Crippen LogP) is 1.88. The molecule has 0 aliphatic carbocycles. The normalized spacial score (nSPS) is 10.5. The third-order valence-corrected chi connectivity index (χ3v) is 2.31. The second-order valence-corrected chi connectivity index (χ2v) is 4.13. The van der Waals surface area contributed by atoms with E-state index in [2.05, 4.69) is 10.1 Å². The van der Waals surface area contributed by atoms with Crippen molar-refractivity contribution < 1.29 is 18.7 Å². The first-order valence-electron chi connectivity index (χ1n) is 5.75. The molecule has 0 heterocycles. The molecule has 4 nitrogen and oxygen atoms in total. The van der Waals surface area contributed by atoms with Crippen LogP contribution in [0.3, 0.4) is 0 Å². The minimum Gasteiger partial charge on any atom is -0.478 e. The van der Waals surface area contributed by atoms with Crippen molar-refractivity contribution in [1.82, 2.24) is 5.32 Å². The molecule has 0 atom stereocenters. The highest BCUT2D eigenvalue weighted by atomic mass is 19.1. The molecule has 1 aromatic rings. The van der Waals surface area contributed by atoms with Gasteiger partial charge in [0.1, 0.15) is 0 Å². The maximum absolute atomic E-state index is 13.6. The molecule has 0 radical (unpaired) electrons. The minimum absolute atomic E-state index is 0.0936. The zero-order chi connectivity index (χ0) is 13.5. The third-order valence-electron chi connectivity index (χ3n) is 2.31. The van der Waals surface area contributed by atoms with Crippen LogP contribution in [0.4, 0.5) is 4.39 Å². The quantitative estimate of drug-likeness (QED) is 0.788. The highest BCUT2D eigenvalue weighted by Gasteiger charge is 2.12. The molecule has 18 heavy (non-hydrogen) atoms. The Morgan fingerprint density at radius 2 is 2.17 bits per heavy atom. The van der Waals surface area contributed by atoms with E-state index in [1.165, 1.54) is 13.2 Å². The van der Waals surface area contributed by atoms with Crippen LogP contribution in [-0.2, 0) is 16.1 Å². The summed E-state index contributed by atoms with van der Waals surface area (Å²) in [6, 6.07) is 4.94. The van der Waals surface area contributed by atoms with E-state index in [0.29, 0.717) is 12.1 Å². The van der Waals surface area contributed by atoms with Gasteiger partial charge in [0.25, 0.3) is 0 Å². The van der Waals surface area contributed by atoms with Crippen LogP contribution in [0.25, 0.3) is 0 Å². The van der Waals surface area contributed by atoms with Crippen LogP contribution in [0.15, 0.2) is 18.2 Å². The van der Waals surface area contributed by atoms with Crippen molar-refractivity contribution in [1.29, 1.82) is 0 Å². The Hall–Kier alpha value is -1.62. The molecule has 0 spiro atoms. The summed E-state index contributed by atoms with van der Waals surface area (Å²) in [4.78, 5) is 11.0. The number of halogens is 1. The van der Waals surface area contributed by atoms with Gasteiger partial charge in [0.05, 0.1) is 7.11 Å². The SMILES string of the molecule is COC(=O)COc1c(F)cccc1CNC(C)C. The van der Waals surface area contributed by atoms with Crippen molar-refractivity contribution in [2.45, 2.75) is 26.4 Å². The van der Waals surface area contributed by atoms with E-state index in [0.717, 1.165) is 0 Å². The first kappa shape index (κ1) is 14.4. The van der Waals surface area contributed by atoms with Gasteiger partial charge < -0.3 is 14.8 Å². The molecule has 0 fully saturated rings. The van der Waals surface area contributed by atoms with E-state index in [9.17, 15) is 9.18 Å². The highest BCUT2D eigenvalue weighted by molar-refractivity contribution is 5.70. The predicted molar refractivity (Wildman–Crippen MR) is 65.9 cm³/mol. The van der Waals surface area contributed by atoms with Crippen LogP contribution in [0, 0.1) is 5.82 Å². The lowest BCUT2D eigenvalue weighted by molar-refractivity contribution is -0.142. The molecule has 1 rings (SSSR count). The van der Waals surface area contributed by atoms with Gasteiger partial charge in [0.2, 0.25) is 0 Å². The monoisotopic (exact) mass is 255 g/mol. The molecule has 0 saturated carbocycles. The lowest BCUT2D eigenvalue weighted by Crippen LogP contribution is -2.23. The van der Waals surface area contributed by atoms with Gasteiger partial charge in [0.15, 0.2) is 18.2 Å². The summed E-state index contributed by atoms with van der Waals surface area (Å²) in [5, 5.41) is 3.17. The van der Waals surface area contributed by atoms with Gasteiger partial charge in [-0.05, 0) is 6.07 Å². The fourth-order valence-corrected chi connectivity index (χ4v) is 1.36. The largest absolute Gasteiger partial charge is 0.478 e. The summed E-state index contributed by atoms with van der Waals surface area (Å²) < 4.78 is 23.2. The number of methoxy groups -OCH3 is 1. The maximum atomic E-state index is 13.6. The van der Waals surface area contributed by atoms with Crippen molar-refractivity contribution in [3.63, 3.8) is 0 Å². The molecule has 1 aromatic carbocycles. The topological polar surface area (TPSA) is 47.6 Å². The molecule has 0 unspecified atom stereocenters. The lowest BCUT2D eigenvalue weighted by atomic mass is 10.2. The number of benzene rings is 1. The smallest absolute Gasteiger partial charge is 0.343 e. The van der Waals surface area contributed by atoms with E-state index in [4.69, 9.17) is 4.74 Å². The Labute approximate surface area is 106 Å². The van der Waals surface area contributed by atoms with Crippen LogP contribution in [-0.4, -0.2) is 25.7 Å². The summed E-state index contributed by atoms with van der Waals surface area (Å²) in [5.74, 6) is -0.931. The maximum Gasteiger partial charge on any atom is 0.343 e. The van der Waals surface area contributed by atoms with Crippen molar-refractivity contribution in [3.8, 4) is 5.75 Å². The Morgan fingerprint density at radius 1 is 1.44 bits per heavy atom. The fraction of sp³-hybridized carbons (Fsp3) is 0.462. The second-order valence-electron chi connectivity index (χ2n) is 4.13. The van der Waals surface area contributed by atoms with Crippen LogP contribution in [0.2, 0.25) is 0 Å². The lowest BCUT2D eigenvalue weighted by Gasteiger charge is -2.13. The third kappa shape index (κ3) is 4.33. The first-order chi connectivity index (χ1) is 8.54. The van der Waals surface area contributed by atoms with E-state index in [-0.39, 0.29) is 18.4 Å². The van der Waals surface area contributed by atoms with Gasteiger partial charge >= 0.3 is 5.97 Å². The number of rotatable bonds is 6. The number of nitrogens with one attached hydrogen (secondary N) is 1. The zero-order valence-electron chi connectivity index (χ0n) is 10.8. The Bertz CT molecular complexity index is 407. The number of carbonyl (C=O) groups is 1. The van der Waals surface area contributed by atoms with E-state index >= 15 is 0 Å². The van der Waals surface area contributed by atoms with Crippen molar-refractivity contribution in [3.05, 3.63) is 29.6 Å². The molecule has 0 bridgehead atoms. The van der Waals surface area contributed by atoms with Crippen molar-refractivity contribution in [2.24, 2.45) is 0 Å². The highest BCUT2D eigenvalue weighted by Crippen LogP contribution is 2.22. The van der Waals surface area contributed by atoms with Gasteiger partial charge in [-0.25, -0.2) is 9.18 Å². The Kier molecular flexibility index (Phi) is 5.58. The molecule has 1 N–H and O–H groups in total. The second kappa shape index (κ2) is 6.96. The summed E-state index contributed by atoms with van der Waals surface area (Å²) >= 11 is 0. The van der Waals surface area contributed by atoms with Crippen molar-refractivity contribution in [2.75, 3.05) is 13.7 Å². The molecule has 0 saturated heterocycles. The minimum atomic E-state index is -0.541. The first-order valence-corrected chi connectivity index (χ1v) is 5.75. The Balaban J connectivity index is 2.76. The summed E-state index contributed by atoms with van der Waals surface area (Å²) in [5.41, 5.74) is 0.674. The fourth-order valence-electron chi connectivity index (χ4n) is 1.36. The van der Waals surface area contributed by atoms with Gasteiger partial charge in [-0.15, -0.1) is 0 Å². The van der Waals surface area contributed by atoms with Crippen LogP contribution in [0.5, 0.6) is 5.75 Å². The molecule has 0 amide bonds. The number of esters is 1. The average molecular weight is 255 g/mol. The summed E-state index contributed by atoms with van der Waals surface area (Å²) in [6.45, 7) is 4.17.